The smallest absolute Gasteiger partial charge is 0.169 e. The Kier molecular flexibility index (Phi) is 5.38. The molecule has 0 aliphatic carbocycles. The van der Waals surface area contributed by atoms with Gasteiger partial charge in [-0.3, -0.25) is 0 Å². The molecule has 0 bridgehead atoms. The minimum Gasteiger partial charge on any atom is -0.359 e. The molecule has 0 saturated carbocycles. The van der Waals surface area contributed by atoms with Crippen molar-refractivity contribution in [2.24, 2.45) is 5.92 Å². The molecule has 0 spiro atoms. The third-order valence-corrected chi connectivity index (χ3v) is 7.90. The fourth-order valence-corrected chi connectivity index (χ4v) is 6.77. The van der Waals surface area contributed by atoms with Crippen molar-refractivity contribution < 1.29 is 16.8 Å². The lowest BCUT2D eigenvalue weighted by Gasteiger charge is -2.33. The van der Waals surface area contributed by atoms with E-state index in [2.05, 4.69) is 19.2 Å². The molecule has 2 aliphatic rings. The first-order valence-corrected chi connectivity index (χ1v) is 11.6. The summed E-state index contributed by atoms with van der Waals surface area (Å²) < 4.78 is 46.5. The number of hydrogen-bond donors (Lipinski definition) is 1. The summed E-state index contributed by atoms with van der Waals surface area (Å²) in [6.45, 7) is 4.78. The van der Waals surface area contributed by atoms with E-state index in [1.165, 1.54) is 0 Å². The molecule has 2 unspecified atom stereocenters. The van der Waals surface area contributed by atoms with Crippen LogP contribution < -0.4 is 5.32 Å². The molecule has 0 amide bonds. The molecule has 2 fully saturated rings. The van der Waals surface area contributed by atoms with Crippen LogP contribution in [-0.2, 0) is 19.7 Å². The van der Waals surface area contributed by atoms with Gasteiger partial charge < -0.3 is 10.2 Å². The van der Waals surface area contributed by atoms with Gasteiger partial charge in [-0.1, -0.05) is 13.8 Å². The third kappa shape index (κ3) is 4.79. The molecule has 2 rings (SSSR count). The van der Waals surface area contributed by atoms with Crippen LogP contribution in [0.3, 0.4) is 0 Å². The minimum atomic E-state index is -2.98. The number of rotatable bonds is 4. The number of thiocarbonyl (C=S) groups is 1. The maximum Gasteiger partial charge on any atom is 0.169 e. The highest BCUT2D eigenvalue weighted by Gasteiger charge is 2.35. The lowest BCUT2D eigenvalue weighted by atomic mass is 10.1. The molecule has 2 saturated heterocycles. The van der Waals surface area contributed by atoms with Crippen molar-refractivity contribution in [3.8, 4) is 0 Å². The second-order valence-electron chi connectivity index (χ2n) is 6.65. The summed E-state index contributed by atoms with van der Waals surface area (Å²) in [4.78, 5) is 1.94. The minimum absolute atomic E-state index is 0.103. The molecule has 1 N–H and O–H groups in total. The Bertz CT molecular complexity index is 628. The molecule has 2 aliphatic heterocycles. The second kappa shape index (κ2) is 6.60. The predicted octanol–water partition coefficient (Wildman–Crippen LogP) is 0.193. The van der Waals surface area contributed by atoms with Gasteiger partial charge in [0.05, 0.1) is 23.0 Å². The molecule has 0 radical (unpaired) electrons. The average molecular weight is 369 g/mol. The first-order valence-electron chi connectivity index (χ1n) is 7.56. The van der Waals surface area contributed by atoms with Gasteiger partial charge in [-0.25, -0.2) is 16.8 Å². The summed E-state index contributed by atoms with van der Waals surface area (Å²) in [6.07, 6.45) is 1.14. The van der Waals surface area contributed by atoms with Gasteiger partial charge in [-0.15, -0.1) is 0 Å². The van der Waals surface area contributed by atoms with E-state index in [-0.39, 0.29) is 35.1 Å². The second-order valence-corrected chi connectivity index (χ2v) is 11.5. The van der Waals surface area contributed by atoms with E-state index in [9.17, 15) is 16.8 Å². The van der Waals surface area contributed by atoms with E-state index in [1.807, 2.05) is 4.90 Å². The van der Waals surface area contributed by atoms with Crippen molar-refractivity contribution in [2.45, 2.75) is 38.8 Å². The van der Waals surface area contributed by atoms with Gasteiger partial charge >= 0.3 is 0 Å². The highest BCUT2D eigenvalue weighted by molar-refractivity contribution is 7.92. The van der Waals surface area contributed by atoms with Gasteiger partial charge in [0, 0.05) is 18.6 Å². The van der Waals surface area contributed by atoms with Crippen LogP contribution in [0.5, 0.6) is 0 Å². The van der Waals surface area contributed by atoms with Gasteiger partial charge in [-0.05, 0) is 31.0 Å². The van der Waals surface area contributed by atoms with Crippen molar-refractivity contribution in [1.29, 1.82) is 0 Å². The van der Waals surface area contributed by atoms with E-state index in [0.717, 1.165) is 0 Å². The molecule has 0 aromatic carbocycles. The highest BCUT2D eigenvalue weighted by atomic mass is 32.2. The summed E-state index contributed by atoms with van der Waals surface area (Å²) in [5.41, 5.74) is 0. The molecule has 2 heterocycles. The van der Waals surface area contributed by atoms with Crippen molar-refractivity contribution >= 4 is 37.0 Å². The van der Waals surface area contributed by atoms with Crippen LogP contribution >= 0.6 is 12.2 Å². The normalized spacial score (nSPS) is 29.6. The fourth-order valence-electron chi connectivity index (χ4n) is 2.98. The summed E-state index contributed by atoms with van der Waals surface area (Å²) in [6, 6.07) is -0.268. The fraction of sp³-hybridized carbons (Fsp3) is 0.923. The van der Waals surface area contributed by atoms with Crippen LogP contribution in [-0.4, -0.2) is 68.5 Å². The lowest BCUT2D eigenvalue weighted by molar-refractivity contribution is 0.293. The van der Waals surface area contributed by atoms with E-state index >= 15 is 0 Å². The van der Waals surface area contributed by atoms with Crippen LogP contribution in [0.4, 0.5) is 0 Å². The topological polar surface area (TPSA) is 83.6 Å². The quantitative estimate of drug-likeness (QED) is 0.709. The third-order valence-electron chi connectivity index (χ3n) is 4.03. The Balaban J connectivity index is 2.04. The standard InChI is InChI=1S/C13H24N2O4S3/c1-10(2)7-15(12-4-6-22(18,19)9-12)13(20)14-11-3-5-21(16,17)8-11/h10-12H,3-9H2,1-2H3,(H,14,20). The van der Waals surface area contributed by atoms with Gasteiger partial charge in [0.15, 0.2) is 24.8 Å². The van der Waals surface area contributed by atoms with Gasteiger partial charge in [0.25, 0.3) is 0 Å². The Morgan fingerprint density at radius 3 is 2.18 bits per heavy atom. The van der Waals surface area contributed by atoms with Crippen LogP contribution in [0.15, 0.2) is 0 Å². The average Bonchev–Trinajstić information content (AvgIpc) is 2.88. The number of nitrogens with one attached hydrogen (secondary N) is 1. The molecule has 9 heteroatoms. The zero-order valence-electron chi connectivity index (χ0n) is 13.0. The van der Waals surface area contributed by atoms with Gasteiger partial charge in [0.1, 0.15) is 0 Å². The first kappa shape index (κ1) is 17.9. The first-order chi connectivity index (χ1) is 10.1. The summed E-state index contributed by atoms with van der Waals surface area (Å²) in [5.74, 6) is 0.966. The number of sulfone groups is 2. The van der Waals surface area contributed by atoms with Gasteiger partial charge in [-0.2, -0.15) is 0 Å². The van der Waals surface area contributed by atoms with Crippen LogP contribution in [0.25, 0.3) is 0 Å². The van der Waals surface area contributed by atoms with Crippen LogP contribution in [0, 0.1) is 5.92 Å². The monoisotopic (exact) mass is 368 g/mol. The molecule has 2 atom stereocenters. The maximum atomic E-state index is 11.7. The largest absolute Gasteiger partial charge is 0.359 e. The molecule has 0 aromatic rings. The Labute approximate surface area is 138 Å². The van der Waals surface area contributed by atoms with Gasteiger partial charge in [0.2, 0.25) is 0 Å². The Hall–Kier alpha value is -0.410. The summed E-state index contributed by atoms with van der Waals surface area (Å²) in [7, 11) is -5.94. The zero-order valence-corrected chi connectivity index (χ0v) is 15.4. The molecular formula is C13H24N2O4S3. The molecular weight excluding hydrogens is 344 g/mol. The lowest BCUT2D eigenvalue weighted by Crippen LogP contribution is -2.51. The molecule has 22 heavy (non-hydrogen) atoms. The molecule has 6 nitrogen and oxygen atoms in total. The summed E-state index contributed by atoms with van der Waals surface area (Å²) in [5, 5.41) is 3.61. The zero-order chi connectivity index (χ0) is 16.5. The Morgan fingerprint density at radius 1 is 1.14 bits per heavy atom. The van der Waals surface area contributed by atoms with Crippen molar-refractivity contribution in [3.05, 3.63) is 0 Å². The van der Waals surface area contributed by atoms with E-state index < -0.39 is 19.7 Å². The van der Waals surface area contributed by atoms with E-state index in [4.69, 9.17) is 12.2 Å². The molecule has 128 valence electrons. The highest BCUT2D eigenvalue weighted by Crippen LogP contribution is 2.20. The van der Waals surface area contributed by atoms with Crippen molar-refractivity contribution in [1.82, 2.24) is 10.2 Å². The predicted molar refractivity (Wildman–Crippen MR) is 91.4 cm³/mol. The van der Waals surface area contributed by atoms with E-state index in [1.54, 1.807) is 0 Å². The number of hydrogen-bond acceptors (Lipinski definition) is 5. The SMILES string of the molecule is CC(C)CN(C(=S)NC1CCS(=O)(=O)C1)C1CCS(=O)(=O)C1. The number of nitrogens with zero attached hydrogens (tertiary/aromatic N) is 1. The molecule has 0 aromatic heterocycles. The maximum absolute atomic E-state index is 11.7. The van der Waals surface area contributed by atoms with Crippen molar-refractivity contribution in [3.63, 3.8) is 0 Å². The van der Waals surface area contributed by atoms with E-state index in [0.29, 0.717) is 30.4 Å². The van der Waals surface area contributed by atoms with Crippen LogP contribution in [0.2, 0.25) is 0 Å². The van der Waals surface area contributed by atoms with Crippen molar-refractivity contribution in [2.75, 3.05) is 29.6 Å². The Morgan fingerprint density at radius 2 is 1.73 bits per heavy atom. The van der Waals surface area contributed by atoms with Crippen LogP contribution in [0.1, 0.15) is 26.7 Å². The summed E-state index contributed by atoms with van der Waals surface area (Å²) >= 11 is 5.44.